The van der Waals surface area contributed by atoms with Crippen LogP contribution in [0.3, 0.4) is 0 Å². The van der Waals surface area contributed by atoms with Gasteiger partial charge in [0.1, 0.15) is 5.75 Å². The quantitative estimate of drug-likeness (QED) is 0.508. The maximum absolute atomic E-state index is 10.9. The minimum Gasteiger partial charge on any atom is -0.495 e. The Morgan fingerprint density at radius 2 is 1.92 bits per heavy atom. The van der Waals surface area contributed by atoms with Crippen molar-refractivity contribution in [1.29, 1.82) is 0 Å². The van der Waals surface area contributed by atoms with Crippen LogP contribution in [-0.2, 0) is 0 Å². The SMILES string of the molecule is COc1cc(Nc2ccnc3cc([N+](=O)[O-])ccc23)c(Cl)cc1Cl. The van der Waals surface area contributed by atoms with Crippen molar-refractivity contribution in [3.8, 4) is 5.75 Å². The smallest absolute Gasteiger partial charge is 0.271 e. The number of rotatable bonds is 4. The third-order valence-corrected chi connectivity index (χ3v) is 4.06. The second-order valence-electron chi connectivity index (χ2n) is 4.91. The number of ether oxygens (including phenoxy) is 1. The van der Waals surface area contributed by atoms with Crippen LogP contribution in [0.1, 0.15) is 0 Å². The highest BCUT2D eigenvalue weighted by molar-refractivity contribution is 6.37. The van der Waals surface area contributed by atoms with E-state index in [1.807, 2.05) is 0 Å². The predicted octanol–water partition coefficient (Wildman–Crippen LogP) is 5.20. The van der Waals surface area contributed by atoms with Gasteiger partial charge in [-0.25, -0.2) is 0 Å². The summed E-state index contributed by atoms with van der Waals surface area (Å²) < 4.78 is 5.19. The molecule has 3 aromatic rings. The summed E-state index contributed by atoms with van der Waals surface area (Å²) in [5, 5.41) is 15.6. The molecule has 24 heavy (non-hydrogen) atoms. The summed E-state index contributed by atoms with van der Waals surface area (Å²) in [6.45, 7) is 0. The number of nitrogens with one attached hydrogen (secondary N) is 1. The molecule has 0 unspecified atom stereocenters. The van der Waals surface area contributed by atoms with Crippen LogP contribution >= 0.6 is 23.2 Å². The molecule has 3 rings (SSSR count). The Morgan fingerprint density at radius 3 is 2.62 bits per heavy atom. The third-order valence-electron chi connectivity index (χ3n) is 3.45. The zero-order valence-electron chi connectivity index (χ0n) is 12.4. The molecule has 0 amide bonds. The molecule has 1 heterocycles. The lowest BCUT2D eigenvalue weighted by Gasteiger charge is -2.13. The number of hydrogen-bond donors (Lipinski definition) is 1. The fraction of sp³-hybridized carbons (Fsp3) is 0.0625. The van der Waals surface area contributed by atoms with Crippen molar-refractivity contribution >= 4 is 51.2 Å². The Hall–Kier alpha value is -2.57. The Kier molecular flexibility index (Phi) is 4.42. The molecule has 0 bridgehead atoms. The van der Waals surface area contributed by atoms with Gasteiger partial charge in [-0.3, -0.25) is 15.1 Å². The normalized spacial score (nSPS) is 10.6. The average molecular weight is 364 g/mol. The lowest BCUT2D eigenvalue weighted by Crippen LogP contribution is -1.96. The van der Waals surface area contributed by atoms with E-state index in [0.29, 0.717) is 32.7 Å². The van der Waals surface area contributed by atoms with Crippen LogP contribution in [0, 0.1) is 10.1 Å². The van der Waals surface area contributed by atoms with Gasteiger partial charge in [-0.15, -0.1) is 0 Å². The maximum atomic E-state index is 10.9. The molecule has 0 radical (unpaired) electrons. The van der Waals surface area contributed by atoms with E-state index in [-0.39, 0.29) is 5.69 Å². The molecular weight excluding hydrogens is 353 g/mol. The number of methoxy groups -OCH3 is 1. The first-order chi connectivity index (χ1) is 11.5. The fourth-order valence-electron chi connectivity index (χ4n) is 2.29. The van der Waals surface area contributed by atoms with Crippen molar-refractivity contribution in [2.45, 2.75) is 0 Å². The minimum absolute atomic E-state index is 0.0154. The molecule has 122 valence electrons. The molecule has 0 saturated carbocycles. The van der Waals surface area contributed by atoms with Crippen LogP contribution in [0.5, 0.6) is 5.75 Å². The summed E-state index contributed by atoms with van der Waals surface area (Å²) in [4.78, 5) is 14.6. The number of hydrogen-bond acceptors (Lipinski definition) is 5. The first-order valence-corrected chi connectivity index (χ1v) is 7.58. The van der Waals surface area contributed by atoms with Crippen LogP contribution in [0.15, 0.2) is 42.6 Å². The Bertz CT molecular complexity index is 947. The lowest BCUT2D eigenvalue weighted by atomic mass is 10.1. The van der Waals surface area contributed by atoms with E-state index >= 15 is 0 Å². The Morgan fingerprint density at radius 1 is 1.12 bits per heavy atom. The van der Waals surface area contributed by atoms with E-state index in [0.717, 1.165) is 5.39 Å². The minimum atomic E-state index is -0.456. The van der Waals surface area contributed by atoms with Crippen molar-refractivity contribution < 1.29 is 9.66 Å². The van der Waals surface area contributed by atoms with Crippen molar-refractivity contribution in [2.24, 2.45) is 0 Å². The van der Waals surface area contributed by atoms with Gasteiger partial charge in [-0.2, -0.15) is 0 Å². The summed E-state index contributed by atoms with van der Waals surface area (Å²) in [6.07, 6.45) is 1.56. The van der Waals surface area contributed by atoms with E-state index < -0.39 is 4.92 Å². The van der Waals surface area contributed by atoms with Crippen LogP contribution in [-0.4, -0.2) is 17.0 Å². The van der Waals surface area contributed by atoms with Gasteiger partial charge in [0.15, 0.2) is 0 Å². The van der Waals surface area contributed by atoms with Gasteiger partial charge in [0.05, 0.1) is 33.3 Å². The van der Waals surface area contributed by atoms with E-state index in [1.165, 1.54) is 19.2 Å². The molecule has 6 nitrogen and oxygen atoms in total. The molecule has 1 aromatic heterocycles. The number of pyridine rings is 1. The summed E-state index contributed by atoms with van der Waals surface area (Å²) in [5.41, 5.74) is 1.80. The number of nitrogens with zero attached hydrogens (tertiary/aromatic N) is 2. The summed E-state index contributed by atoms with van der Waals surface area (Å²) in [5.74, 6) is 0.484. The number of nitro benzene ring substituents is 1. The number of anilines is 2. The van der Waals surface area contributed by atoms with E-state index in [2.05, 4.69) is 10.3 Å². The zero-order valence-corrected chi connectivity index (χ0v) is 13.9. The largest absolute Gasteiger partial charge is 0.495 e. The molecule has 0 fully saturated rings. The van der Waals surface area contributed by atoms with Crippen LogP contribution in [0.4, 0.5) is 17.1 Å². The second-order valence-corrected chi connectivity index (χ2v) is 5.72. The monoisotopic (exact) mass is 363 g/mol. The number of fused-ring (bicyclic) bond motifs is 1. The summed E-state index contributed by atoms with van der Waals surface area (Å²) >= 11 is 12.3. The van der Waals surface area contributed by atoms with Crippen LogP contribution in [0.2, 0.25) is 10.0 Å². The molecule has 8 heteroatoms. The first-order valence-electron chi connectivity index (χ1n) is 6.83. The predicted molar refractivity (Wildman–Crippen MR) is 94.7 cm³/mol. The number of halogens is 2. The molecule has 0 atom stereocenters. The van der Waals surface area contributed by atoms with Gasteiger partial charge in [0.2, 0.25) is 0 Å². The highest BCUT2D eigenvalue weighted by atomic mass is 35.5. The highest BCUT2D eigenvalue weighted by Crippen LogP contribution is 2.37. The van der Waals surface area contributed by atoms with Gasteiger partial charge in [-0.1, -0.05) is 23.2 Å². The first kappa shape index (κ1) is 16.3. The molecule has 0 saturated heterocycles. The second kappa shape index (κ2) is 6.51. The number of non-ortho nitro benzene ring substituents is 1. The van der Waals surface area contributed by atoms with E-state index in [9.17, 15) is 10.1 Å². The Balaban J connectivity index is 2.06. The topological polar surface area (TPSA) is 77.3 Å². The highest BCUT2D eigenvalue weighted by Gasteiger charge is 2.12. The maximum Gasteiger partial charge on any atom is 0.271 e. The fourth-order valence-corrected chi connectivity index (χ4v) is 2.79. The number of benzene rings is 2. The van der Waals surface area contributed by atoms with Crippen molar-refractivity contribution in [3.63, 3.8) is 0 Å². The van der Waals surface area contributed by atoms with Gasteiger partial charge in [-0.05, 0) is 18.2 Å². The Labute approximate surface area is 147 Å². The molecule has 1 N–H and O–H groups in total. The molecule has 0 aliphatic rings. The molecule has 0 aliphatic heterocycles. The van der Waals surface area contributed by atoms with Crippen LogP contribution < -0.4 is 10.1 Å². The summed E-state index contributed by atoms with van der Waals surface area (Å²) in [7, 11) is 1.51. The van der Waals surface area contributed by atoms with Crippen molar-refractivity contribution in [1.82, 2.24) is 4.98 Å². The standard InChI is InChI=1S/C16H11Cl2N3O3/c1-24-16-8-15(11(17)7-12(16)18)20-13-4-5-19-14-6-9(21(22)23)2-3-10(13)14/h2-8H,1H3,(H,19,20). The van der Waals surface area contributed by atoms with Crippen molar-refractivity contribution in [2.75, 3.05) is 12.4 Å². The van der Waals surface area contributed by atoms with Gasteiger partial charge in [0.25, 0.3) is 5.69 Å². The van der Waals surface area contributed by atoms with Gasteiger partial charge < -0.3 is 10.1 Å². The molecule has 2 aromatic carbocycles. The van der Waals surface area contributed by atoms with E-state index in [4.69, 9.17) is 27.9 Å². The van der Waals surface area contributed by atoms with E-state index in [1.54, 1.807) is 30.5 Å². The lowest BCUT2D eigenvalue weighted by molar-refractivity contribution is -0.384. The number of nitro groups is 1. The van der Waals surface area contributed by atoms with Gasteiger partial charge >= 0.3 is 0 Å². The van der Waals surface area contributed by atoms with Crippen molar-refractivity contribution in [3.05, 3.63) is 62.8 Å². The third kappa shape index (κ3) is 3.06. The average Bonchev–Trinajstić information content (AvgIpc) is 2.57. The molecule has 0 spiro atoms. The molecule has 0 aliphatic carbocycles. The number of aromatic nitrogens is 1. The zero-order chi connectivity index (χ0) is 17.3. The summed E-state index contributed by atoms with van der Waals surface area (Å²) in [6, 6.07) is 9.51. The van der Waals surface area contributed by atoms with Crippen LogP contribution in [0.25, 0.3) is 10.9 Å². The van der Waals surface area contributed by atoms with Gasteiger partial charge in [0, 0.05) is 35.5 Å². The molecular formula is C16H11Cl2N3O3.